The minimum absolute atomic E-state index is 0.0157. The van der Waals surface area contributed by atoms with Crippen molar-refractivity contribution in [2.24, 2.45) is 11.8 Å². The van der Waals surface area contributed by atoms with Crippen LogP contribution in [0.2, 0.25) is 0 Å². The van der Waals surface area contributed by atoms with Gasteiger partial charge in [0, 0.05) is 24.5 Å². The first-order valence-electron chi connectivity index (χ1n) is 6.86. The molecule has 0 bridgehead atoms. The smallest absolute Gasteiger partial charge is 0.258 e. The summed E-state index contributed by atoms with van der Waals surface area (Å²) in [5.41, 5.74) is 0. The molecule has 0 radical (unpaired) electrons. The Labute approximate surface area is 134 Å². The van der Waals surface area contributed by atoms with Crippen LogP contribution in [-0.2, 0) is 14.4 Å². The average molecular weight is 330 g/mol. The number of carbonyl (C=O) groups is 3. The van der Waals surface area contributed by atoms with E-state index >= 15 is 0 Å². The lowest BCUT2D eigenvalue weighted by Gasteiger charge is -2.22. The molecule has 2 N–H and O–H groups in total. The SMILES string of the molecule is CNC(=O)C(C)CC(=O)C(NC(=O)C1=CSCS1)C(C)C. The molecule has 1 heterocycles. The fourth-order valence-corrected chi connectivity index (χ4v) is 3.94. The molecule has 2 atom stereocenters. The zero-order valence-electron chi connectivity index (χ0n) is 12.8. The van der Waals surface area contributed by atoms with E-state index in [0.717, 1.165) is 5.08 Å². The van der Waals surface area contributed by atoms with Gasteiger partial charge in [-0.2, -0.15) is 0 Å². The van der Waals surface area contributed by atoms with Gasteiger partial charge in [0.25, 0.3) is 5.91 Å². The summed E-state index contributed by atoms with van der Waals surface area (Å²) in [5.74, 6) is -0.882. The van der Waals surface area contributed by atoms with E-state index in [0.29, 0.717) is 4.91 Å². The Morgan fingerprint density at radius 3 is 2.43 bits per heavy atom. The fourth-order valence-electron chi connectivity index (χ4n) is 1.96. The molecule has 118 valence electrons. The van der Waals surface area contributed by atoms with E-state index in [1.807, 2.05) is 19.3 Å². The van der Waals surface area contributed by atoms with Crippen LogP contribution in [0.3, 0.4) is 0 Å². The Morgan fingerprint density at radius 1 is 1.29 bits per heavy atom. The van der Waals surface area contributed by atoms with Gasteiger partial charge in [0.2, 0.25) is 5.91 Å². The quantitative estimate of drug-likeness (QED) is 0.744. The summed E-state index contributed by atoms with van der Waals surface area (Å²) >= 11 is 3.05. The van der Waals surface area contributed by atoms with E-state index in [1.54, 1.807) is 25.7 Å². The van der Waals surface area contributed by atoms with E-state index in [1.165, 1.54) is 11.8 Å². The third-order valence-electron chi connectivity index (χ3n) is 3.20. The third kappa shape index (κ3) is 5.39. The first-order valence-corrected chi connectivity index (χ1v) is 8.90. The number of hydrogen-bond donors (Lipinski definition) is 2. The molecule has 0 aliphatic carbocycles. The lowest BCUT2D eigenvalue weighted by Crippen LogP contribution is -2.45. The van der Waals surface area contributed by atoms with Gasteiger partial charge in [0.05, 0.1) is 10.9 Å². The average Bonchev–Trinajstić information content (AvgIpc) is 2.96. The highest BCUT2D eigenvalue weighted by Gasteiger charge is 2.28. The van der Waals surface area contributed by atoms with Crippen molar-refractivity contribution in [1.82, 2.24) is 10.6 Å². The van der Waals surface area contributed by atoms with Gasteiger partial charge in [-0.25, -0.2) is 0 Å². The van der Waals surface area contributed by atoms with Crippen molar-refractivity contribution in [3.8, 4) is 0 Å². The van der Waals surface area contributed by atoms with Crippen molar-refractivity contribution in [2.45, 2.75) is 33.2 Å². The van der Waals surface area contributed by atoms with Gasteiger partial charge >= 0.3 is 0 Å². The summed E-state index contributed by atoms with van der Waals surface area (Å²) in [7, 11) is 1.55. The Balaban J connectivity index is 2.66. The van der Waals surface area contributed by atoms with Crippen molar-refractivity contribution >= 4 is 41.1 Å². The molecule has 0 saturated carbocycles. The van der Waals surface area contributed by atoms with Gasteiger partial charge in [0.1, 0.15) is 0 Å². The van der Waals surface area contributed by atoms with Crippen molar-refractivity contribution in [1.29, 1.82) is 0 Å². The molecule has 0 fully saturated rings. The van der Waals surface area contributed by atoms with Gasteiger partial charge in [0.15, 0.2) is 5.78 Å². The molecule has 0 aromatic heterocycles. The second-order valence-corrected chi connectivity index (χ2v) is 7.53. The number of amides is 2. The molecule has 1 aliphatic heterocycles. The maximum atomic E-state index is 12.3. The highest BCUT2D eigenvalue weighted by Crippen LogP contribution is 2.32. The van der Waals surface area contributed by atoms with E-state index in [2.05, 4.69) is 10.6 Å². The first-order chi connectivity index (χ1) is 9.86. The van der Waals surface area contributed by atoms with Gasteiger partial charge in [-0.05, 0) is 11.3 Å². The number of carbonyl (C=O) groups excluding carboxylic acids is 3. The molecule has 0 aromatic carbocycles. The molecule has 5 nitrogen and oxygen atoms in total. The Hall–Kier alpha value is -0.950. The number of thioether (sulfide) groups is 2. The Bertz CT molecular complexity index is 450. The zero-order valence-corrected chi connectivity index (χ0v) is 14.4. The molecular weight excluding hydrogens is 308 g/mol. The zero-order chi connectivity index (χ0) is 16.0. The molecule has 1 aliphatic rings. The Kier molecular flexibility index (Phi) is 7.31. The molecule has 2 amide bonds. The lowest BCUT2D eigenvalue weighted by molar-refractivity contribution is -0.131. The van der Waals surface area contributed by atoms with Gasteiger partial charge < -0.3 is 10.6 Å². The molecule has 7 heteroatoms. The maximum absolute atomic E-state index is 12.3. The van der Waals surface area contributed by atoms with Crippen LogP contribution >= 0.6 is 23.5 Å². The van der Waals surface area contributed by atoms with E-state index < -0.39 is 12.0 Å². The van der Waals surface area contributed by atoms with Gasteiger partial charge in [-0.1, -0.05) is 20.8 Å². The topological polar surface area (TPSA) is 75.3 Å². The number of rotatable bonds is 7. The molecule has 0 aromatic rings. The number of ketones is 1. The maximum Gasteiger partial charge on any atom is 0.258 e. The van der Waals surface area contributed by atoms with Crippen molar-refractivity contribution < 1.29 is 14.4 Å². The third-order valence-corrected chi connectivity index (χ3v) is 5.38. The van der Waals surface area contributed by atoms with Gasteiger partial charge in [-0.15, -0.1) is 23.5 Å². The van der Waals surface area contributed by atoms with Gasteiger partial charge in [-0.3, -0.25) is 14.4 Å². The largest absolute Gasteiger partial charge is 0.359 e. The molecule has 21 heavy (non-hydrogen) atoms. The molecule has 1 rings (SSSR count). The van der Waals surface area contributed by atoms with Crippen molar-refractivity contribution in [2.75, 3.05) is 12.1 Å². The summed E-state index contributed by atoms with van der Waals surface area (Å²) < 4.78 is 0. The molecule has 0 spiro atoms. The summed E-state index contributed by atoms with van der Waals surface area (Å²) in [4.78, 5) is 36.6. The predicted molar refractivity (Wildman–Crippen MR) is 87.8 cm³/mol. The highest BCUT2D eigenvalue weighted by atomic mass is 32.2. The normalized spacial score (nSPS) is 17.1. The van der Waals surface area contributed by atoms with E-state index in [-0.39, 0.29) is 29.9 Å². The van der Waals surface area contributed by atoms with Crippen LogP contribution in [0.15, 0.2) is 10.3 Å². The summed E-state index contributed by atoms with van der Waals surface area (Å²) in [6, 6.07) is -0.559. The number of nitrogens with one attached hydrogen (secondary N) is 2. The lowest BCUT2D eigenvalue weighted by atomic mass is 9.93. The number of hydrogen-bond acceptors (Lipinski definition) is 5. The van der Waals surface area contributed by atoms with Crippen LogP contribution in [0.25, 0.3) is 0 Å². The van der Waals surface area contributed by atoms with Crippen LogP contribution in [-0.4, -0.2) is 35.8 Å². The van der Waals surface area contributed by atoms with E-state index in [4.69, 9.17) is 0 Å². The van der Waals surface area contributed by atoms with Crippen molar-refractivity contribution in [3.63, 3.8) is 0 Å². The summed E-state index contributed by atoms with van der Waals surface area (Å²) in [5, 5.41) is 7.97. The van der Waals surface area contributed by atoms with Crippen LogP contribution in [0.5, 0.6) is 0 Å². The van der Waals surface area contributed by atoms with E-state index in [9.17, 15) is 14.4 Å². The van der Waals surface area contributed by atoms with Crippen molar-refractivity contribution in [3.05, 3.63) is 10.3 Å². The predicted octanol–water partition coefficient (Wildman–Crippen LogP) is 1.75. The highest BCUT2D eigenvalue weighted by molar-refractivity contribution is 8.22. The van der Waals surface area contributed by atoms with Crippen LogP contribution in [0, 0.1) is 11.8 Å². The Morgan fingerprint density at radius 2 is 1.95 bits per heavy atom. The second-order valence-electron chi connectivity index (χ2n) is 5.29. The molecule has 0 saturated heterocycles. The summed E-state index contributed by atoms with van der Waals surface area (Å²) in [6.07, 6.45) is 0.129. The van der Waals surface area contributed by atoms with Crippen LogP contribution in [0.4, 0.5) is 0 Å². The standard InChI is InChI=1S/C14H22N2O3S2/c1-8(2)12(10(17)5-9(3)13(18)15-4)16-14(19)11-6-20-7-21-11/h6,8-9,12H,5,7H2,1-4H3,(H,15,18)(H,16,19). The molecule has 2 unspecified atom stereocenters. The van der Waals surface area contributed by atoms with Crippen LogP contribution < -0.4 is 10.6 Å². The monoisotopic (exact) mass is 330 g/mol. The number of Topliss-reactive ketones (excluding diaryl/α,β-unsaturated/α-hetero) is 1. The van der Waals surface area contributed by atoms with Crippen LogP contribution in [0.1, 0.15) is 27.2 Å². The molecular formula is C14H22N2O3S2. The second kappa shape index (κ2) is 8.48. The fraction of sp³-hybridized carbons (Fsp3) is 0.643. The minimum Gasteiger partial charge on any atom is -0.359 e. The minimum atomic E-state index is -0.559. The first kappa shape index (κ1) is 18.1. The summed E-state index contributed by atoms with van der Waals surface area (Å²) in [6.45, 7) is 5.48.